The van der Waals surface area contributed by atoms with Crippen molar-refractivity contribution in [1.29, 1.82) is 0 Å². The second-order valence-corrected chi connectivity index (χ2v) is 3.95. The summed E-state index contributed by atoms with van der Waals surface area (Å²) in [6, 6.07) is 9.32. The molecule has 0 bridgehead atoms. The average molecular weight is 237 g/mol. The molecule has 2 aromatic carbocycles. The predicted octanol–water partition coefficient (Wildman–Crippen LogP) is 3.61. The van der Waals surface area contributed by atoms with Crippen LogP contribution in [0, 0.1) is 0 Å². The lowest BCUT2D eigenvalue weighted by molar-refractivity contribution is 0.131. The van der Waals surface area contributed by atoms with Gasteiger partial charge in [0.1, 0.15) is 5.75 Å². The highest BCUT2D eigenvalue weighted by Gasteiger charge is 2.15. The summed E-state index contributed by atoms with van der Waals surface area (Å²) in [5.41, 5.74) is 0.603. The van der Waals surface area contributed by atoms with Gasteiger partial charge in [-0.25, -0.2) is 8.78 Å². The molecule has 2 aromatic rings. The van der Waals surface area contributed by atoms with Gasteiger partial charge in [-0.05, 0) is 19.1 Å². The van der Waals surface area contributed by atoms with Gasteiger partial charge in [-0.15, -0.1) is 0 Å². The molecule has 0 aliphatic carbocycles. The molecular formula is C13H13F2NO. The molecule has 0 amide bonds. The summed E-state index contributed by atoms with van der Waals surface area (Å²) >= 11 is 0. The molecule has 2 rings (SSSR count). The zero-order valence-corrected chi connectivity index (χ0v) is 9.32. The van der Waals surface area contributed by atoms with Crippen molar-refractivity contribution in [2.45, 2.75) is 19.4 Å². The predicted molar refractivity (Wildman–Crippen MR) is 64.7 cm³/mol. The van der Waals surface area contributed by atoms with E-state index < -0.39 is 12.5 Å². The molecule has 4 heteroatoms. The highest BCUT2D eigenvalue weighted by molar-refractivity contribution is 5.97. The lowest BCUT2D eigenvalue weighted by Gasteiger charge is -2.16. The fourth-order valence-corrected chi connectivity index (χ4v) is 1.73. The summed E-state index contributed by atoms with van der Waals surface area (Å²) in [4.78, 5) is 0. The molecule has 1 atom stereocenters. The lowest BCUT2D eigenvalue weighted by Crippen LogP contribution is -2.23. The van der Waals surface area contributed by atoms with Gasteiger partial charge in [0.05, 0.1) is 6.04 Å². The van der Waals surface area contributed by atoms with Crippen molar-refractivity contribution in [3.63, 3.8) is 0 Å². The molecule has 0 aliphatic heterocycles. The van der Waals surface area contributed by atoms with Gasteiger partial charge in [-0.3, -0.25) is 0 Å². The highest BCUT2D eigenvalue weighted by atomic mass is 19.3. The van der Waals surface area contributed by atoms with Gasteiger partial charge < -0.3 is 10.4 Å². The van der Waals surface area contributed by atoms with Crippen molar-refractivity contribution in [2.75, 3.05) is 5.32 Å². The molecule has 2 N–H and O–H groups in total. The van der Waals surface area contributed by atoms with E-state index in [4.69, 9.17) is 0 Å². The fourth-order valence-electron chi connectivity index (χ4n) is 1.73. The molecule has 90 valence electrons. The highest BCUT2D eigenvalue weighted by Crippen LogP contribution is 2.30. The van der Waals surface area contributed by atoms with Crippen LogP contribution >= 0.6 is 0 Å². The quantitative estimate of drug-likeness (QED) is 0.854. The van der Waals surface area contributed by atoms with Gasteiger partial charge >= 0.3 is 0 Å². The van der Waals surface area contributed by atoms with Crippen LogP contribution in [0.25, 0.3) is 10.8 Å². The first kappa shape index (κ1) is 11.6. The van der Waals surface area contributed by atoms with E-state index in [0.717, 1.165) is 5.39 Å². The molecule has 0 saturated carbocycles. The number of phenolic OH excluding ortho intramolecular Hbond substituents is 1. The van der Waals surface area contributed by atoms with Crippen molar-refractivity contribution >= 4 is 16.5 Å². The molecule has 0 fully saturated rings. The number of rotatable bonds is 3. The summed E-state index contributed by atoms with van der Waals surface area (Å²) in [6.07, 6.45) is -2.43. The Morgan fingerprint density at radius 1 is 1.06 bits per heavy atom. The molecule has 0 saturated heterocycles. The number of halogens is 2. The van der Waals surface area contributed by atoms with Crippen LogP contribution in [0.15, 0.2) is 36.4 Å². The number of hydrogen-bond acceptors (Lipinski definition) is 2. The Morgan fingerprint density at radius 3 is 2.41 bits per heavy atom. The van der Waals surface area contributed by atoms with Crippen LogP contribution < -0.4 is 5.32 Å². The first-order chi connectivity index (χ1) is 8.09. The number of fused-ring (bicyclic) bond motifs is 1. The monoisotopic (exact) mass is 237 g/mol. The Morgan fingerprint density at radius 2 is 1.71 bits per heavy atom. The van der Waals surface area contributed by atoms with Crippen molar-refractivity contribution in [1.82, 2.24) is 0 Å². The Kier molecular flexibility index (Phi) is 3.13. The molecule has 0 aliphatic rings. The zero-order valence-electron chi connectivity index (χ0n) is 9.32. The molecule has 0 aromatic heterocycles. The Hall–Kier alpha value is -1.84. The normalized spacial score (nSPS) is 12.9. The van der Waals surface area contributed by atoms with Crippen LogP contribution in [-0.2, 0) is 0 Å². The van der Waals surface area contributed by atoms with Crippen LogP contribution in [-0.4, -0.2) is 17.6 Å². The van der Waals surface area contributed by atoms with Crippen LogP contribution in [0.5, 0.6) is 5.75 Å². The molecule has 0 heterocycles. The van der Waals surface area contributed by atoms with Crippen LogP contribution in [0.4, 0.5) is 14.5 Å². The zero-order chi connectivity index (χ0) is 12.4. The summed E-state index contributed by atoms with van der Waals surface area (Å²) < 4.78 is 25.0. The average Bonchev–Trinajstić information content (AvgIpc) is 2.30. The lowest BCUT2D eigenvalue weighted by atomic mass is 10.1. The Bertz CT molecular complexity index is 528. The maximum Gasteiger partial charge on any atom is 0.258 e. The molecule has 1 unspecified atom stereocenters. The molecule has 17 heavy (non-hydrogen) atoms. The molecule has 0 spiro atoms. The maximum atomic E-state index is 12.5. The van der Waals surface area contributed by atoms with E-state index in [1.165, 1.54) is 6.92 Å². The van der Waals surface area contributed by atoms with Gasteiger partial charge in [0, 0.05) is 16.5 Å². The minimum absolute atomic E-state index is 0.149. The summed E-state index contributed by atoms with van der Waals surface area (Å²) in [7, 11) is 0. The number of anilines is 1. The minimum atomic E-state index is -2.43. The standard InChI is InChI=1S/C13H13F2NO/c1-8(13(14)15)16-11-6-2-5-10-9(11)4-3-7-12(10)17/h2-8,13,16-17H,1H3. The Balaban J connectivity index is 2.44. The maximum absolute atomic E-state index is 12.5. The van der Waals surface area contributed by atoms with E-state index in [1.54, 1.807) is 36.4 Å². The smallest absolute Gasteiger partial charge is 0.258 e. The first-order valence-electron chi connectivity index (χ1n) is 5.35. The van der Waals surface area contributed by atoms with Crippen molar-refractivity contribution < 1.29 is 13.9 Å². The third-order valence-corrected chi connectivity index (χ3v) is 2.66. The van der Waals surface area contributed by atoms with Crippen LogP contribution in [0.1, 0.15) is 6.92 Å². The molecule has 2 nitrogen and oxygen atoms in total. The van der Waals surface area contributed by atoms with Gasteiger partial charge in [0.25, 0.3) is 6.43 Å². The third-order valence-electron chi connectivity index (χ3n) is 2.66. The van der Waals surface area contributed by atoms with Crippen molar-refractivity contribution in [3.8, 4) is 5.75 Å². The van der Waals surface area contributed by atoms with Crippen molar-refractivity contribution in [3.05, 3.63) is 36.4 Å². The van der Waals surface area contributed by atoms with Gasteiger partial charge in [0.2, 0.25) is 0 Å². The number of alkyl halides is 2. The number of benzene rings is 2. The van der Waals surface area contributed by atoms with Crippen LogP contribution in [0.2, 0.25) is 0 Å². The molecular weight excluding hydrogens is 224 g/mol. The largest absolute Gasteiger partial charge is 0.507 e. The van der Waals surface area contributed by atoms with Gasteiger partial charge in [0.15, 0.2) is 0 Å². The van der Waals surface area contributed by atoms with Gasteiger partial charge in [-0.2, -0.15) is 0 Å². The van der Waals surface area contributed by atoms with E-state index in [2.05, 4.69) is 5.32 Å². The number of hydrogen-bond donors (Lipinski definition) is 2. The Labute approximate surface area is 97.9 Å². The second-order valence-electron chi connectivity index (χ2n) is 3.95. The van der Waals surface area contributed by atoms with E-state index in [9.17, 15) is 13.9 Å². The number of nitrogens with one attached hydrogen (secondary N) is 1. The molecule has 0 radical (unpaired) electrons. The summed E-state index contributed by atoms with van der Waals surface area (Å²) in [5.74, 6) is 0.149. The van der Waals surface area contributed by atoms with Crippen molar-refractivity contribution in [2.24, 2.45) is 0 Å². The van der Waals surface area contributed by atoms with E-state index >= 15 is 0 Å². The SMILES string of the molecule is CC(Nc1cccc2c(O)cccc12)C(F)F. The topological polar surface area (TPSA) is 32.3 Å². The summed E-state index contributed by atoms with van der Waals surface area (Å²) in [6.45, 7) is 1.42. The summed E-state index contributed by atoms with van der Waals surface area (Å²) in [5, 5.41) is 13.8. The number of aromatic hydroxyl groups is 1. The first-order valence-corrected chi connectivity index (χ1v) is 5.35. The van der Waals surface area contributed by atoms with Crippen LogP contribution in [0.3, 0.4) is 0 Å². The van der Waals surface area contributed by atoms with E-state index in [1.807, 2.05) is 0 Å². The number of phenols is 1. The third kappa shape index (κ3) is 2.30. The van der Waals surface area contributed by atoms with E-state index in [0.29, 0.717) is 11.1 Å². The van der Waals surface area contributed by atoms with E-state index in [-0.39, 0.29) is 5.75 Å². The second kappa shape index (κ2) is 4.57. The van der Waals surface area contributed by atoms with Gasteiger partial charge in [-0.1, -0.05) is 24.3 Å². The fraction of sp³-hybridized carbons (Fsp3) is 0.231. The minimum Gasteiger partial charge on any atom is -0.507 e.